The van der Waals surface area contributed by atoms with Crippen molar-refractivity contribution < 1.29 is 9.47 Å². The maximum absolute atomic E-state index is 5.48. The summed E-state index contributed by atoms with van der Waals surface area (Å²) in [6, 6.07) is 4.23. The minimum atomic E-state index is 0.473. The van der Waals surface area contributed by atoms with Crippen molar-refractivity contribution in [2.24, 2.45) is 11.8 Å². The van der Waals surface area contributed by atoms with Gasteiger partial charge in [-0.05, 0) is 42.0 Å². The molecule has 2 heteroatoms. The maximum atomic E-state index is 5.48. The molecule has 0 aliphatic heterocycles. The van der Waals surface area contributed by atoms with Gasteiger partial charge in [-0.15, -0.1) is 0 Å². The fourth-order valence-electron chi connectivity index (χ4n) is 2.30. The largest absolute Gasteiger partial charge is 0.496 e. The number of hydrogen-bond acceptors (Lipinski definition) is 2. The van der Waals surface area contributed by atoms with Crippen LogP contribution in [-0.4, -0.2) is 14.2 Å². The number of ether oxygens (including phenoxy) is 2. The first-order valence-electron chi connectivity index (χ1n) is 7.39. The molecule has 0 radical (unpaired) electrons. The molecule has 0 aliphatic rings. The average molecular weight is 276 g/mol. The second kappa shape index (κ2) is 7.37. The van der Waals surface area contributed by atoms with Crippen LogP contribution in [0.2, 0.25) is 0 Å². The molecule has 0 saturated carbocycles. The second-order valence-electron chi connectivity index (χ2n) is 5.67. The van der Waals surface area contributed by atoms with Crippen LogP contribution in [0.4, 0.5) is 0 Å². The van der Waals surface area contributed by atoms with Crippen molar-refractivity contribution in [3.63, 3.8) is 0 Å². The molecule has 0 bridgehead atoms. The van der Waals surface area contributed by atoms with E-state index in [1.54, 1.807) is 14.2 Å². The quantitative estimate of drug-likeness (QED) is 0.720. The fourth-order valence-corrected chi connectivity index (χ4v) is 2.30. The molecule has 1 aromatic rings. The highest BCUT2D eigenvalue weighted by atomic mass is 16.5. The van der Waals surface area contributed by atoms with Gasteiger partial charge >= 0.3 is 0 Å². The van der Waals surface area contributed by atoms with Gasteiger partial charge in [0, 0.05) is 5.56 Å². The predicted octanol–water partition coefficient (Wildman–Crippen LogP) is 5.10. The first-order chi connectivity index (χ1) is 9.44. The minimum Gasteiger partial charge on any atom is -0.496 e. The number of benzene rings is 1. The van der Waals surface area contributed by atoms with Gasteiger partial charge in [-0.1, -0.05) is 40.2 Å². The number of methoxy groups -OCH3 is 2. The summed E-state index contributed by atoms with van der Waals surface area (Å²) in [4.78, 5) is 0. The van der Waals surface area contributed by atoms with Crippen molar-refractivity contribution in [3.8, 4) is 11.5 Å². The van der Waals surface area contributed by atoms with Crippen LogP contribution >= 0.6 is 0 Å². The molecule has 1 unspecified atom stereocenters. The lowest BCUT2D eigenvalue weighted by Gasteiger charge is -2.18. The third kappa shape index (κ3) is 3.78. The molecule has 0 saturated heterocycles. The Morgan fingerprint density at radius 1 is 1.10 bits per heavy atom. The molecular formula is C18H28O2. The van der Waals surface area contributed by atoms with Crippen LogP contribution in [0.1, 0.15) is 45.2 Å². The second-order valence-corrected chi connectivity index (χ2v) is 5.67. The molecule has 1 aromatic carbocycles. The summed E-state index contributed by atoms with van der Waals surface area (Å²) in [5, 5.41) is 0. The van der Waals surface area contributed by atoms with Gasteiger partial charge in [0.1, 0.15) is 11.5 Å². The predicted molar refractivity (Wildman–Crippen MR) is 86.6 cm³/mol. The highest BCUT2D eigenvalue weighted by Gasteiger charge is 2.14. The van der Waals surface area contributed by atoms with E-state index in [1.165, 1.54) is 11.1 Å². The van der Waals surface area contributed by atoms with E-state index in [0.29, 0.717) is 11.8 Å². The van der Waals surface area contributed by atoms with Crippen LogP contribution in [-0.2, 0) is 0 Å². The fraction of sp³-hybridized carbons (Fsp3) is 0.556. The van der Waals surface area contributed by atoms with E-state index in [9.17, 15) is 0 Å². The lowest BCUT2D eigenvalue weighted by molar-refractivity contribution is 0.388. The smallest absolute Gasteiger partial charge is 0.126 e. The Morgan fingerprint density at radius 3 is 1.95 bits per heavy atom. The van der Waals surface area contributed by atoms with E-state index in [2.05, 4.69) is 45.9 Å². The molecule has 0 aliphatic carbocycles. The van der Waals surface area contributed by atoms with Gasteiger partial charge in [-0.3, -0.25) is 0 Å². The monoisotopic (exact) mass is 276 g/mol. The van der Waals surface area contributed by atoms with Crippen molar-refractivity contribution in [1.82, 2.24) is 0 Å². The molecule has 0 N–H and O–H groups in total. The van der Waals surface area contributed by atoms with E-state index in [0.717, 1.165) is 23.5 Å². The zero-order valence-corrected chi connectivity index (χ0v) is 13.9. The van der Waals surface area contributed by atoms with Crippen molar-refractivity contribution in [3.05, 3.63) is 29.3 Å². The molecular weight excluding hydrogens is 248 g/mol. The van der Waals surface area contributed by atoms with E-state index in [1.807, 2.05) is 6.92 Å². The summed E-state index contributed by atoms with van der Waals surface area (Å²) in [5.74, 6) is 2.82. The Kier molecular flexibility index (Phi) is 6.12. The normalized spacial score (nSPS) is 13.5. The van der Waals surface area contributed by atoms with Gasteiger partial charge in [0.25, 0.3) is 0 Å². The lowest BCUT2D eigenvalue weighted by Crippen LogP contribution is -2.01. The van der Waals surface area contributed by atoms with Gasteiger partial charge in [-0.25, -0.2) is 0 Å². The van der Waals surface area contributed by atoms with Gasteiger partial charge in [0.2, 0.25) is 0 Å². The first kappa shape index (κ1) is 16.6. The van der Waals surface area contributed by atoms with Gasteiger partial charge in [-0.2, -0.15) is 0 Å². The topological polar surface area (TPSA) is 18.5 Å². The summed E-state index contributed by atoms with van der Waals surface area (Å²) in [5.41, 5.74) is 3.60. The van der Waals surface area contributed by atoms with Crippen LogP contribution in [0.3, 0.4) is 0 Å². The number of allylic oxidation sites excluding steroid dienone is 2. The van der Waals surface area contributed by atoms with Gasteiger partial charge in [0.05, 0.1) is 14.2 Å². The third-order valence-electron chi connectivity index (χ3n) is 3.82. The van der Waals surface area contributed by atoms with Crippen molar-refractivity contribution in [2.45, 2.75) is 41.0 Å². The van der Waals surface area contributed by atoms with E-state index in [4.69, 9.17) is 9.47 Å². The summed E-state index contributed by atoms with van der Waals surface area (Å²) in [6.45, 7) is 11.0. The summed E-state index contributed by atoms with van der Waals surface area (Å²) < 4.78 is 11.0. The van der Waals surface area contributed by atoms with Crippen LogP contribution in [0.5, 0.6) is 11.5 Å². The van der Waals surface area contributed by atoms with Crippen molar-refractivity contribution in [2.75, 3.05) is 14.2 Å². The summed E-state index contributed by atoms with van der Waals surface area (Å²) >= 11 is 0. The Bertz CT molecular complexity index is 447. The molecule has 0 spiro atoms. The lowest BCUT2D eigenvalue weighted by atomic mass is 9.90. The molecule has 1 rings (SSSR count). The SMILES string of the molecule is CCC(C)/C=C(/c1cc(OC)c(C)c(OC)c1)C(C)C. The van der Waals surface area contributed by atoms with Crippen molar-refractivity contribution >= 4 is 5.57 Å². The Balaban J connectivity index is 3.37. The van der Waals surface area contributed by atoms with Crippen LogP contribution in [0.15, 0.2) is 18.2 Å². The van der Waals surface area contributed by atoms with Gasteiger partial charge in [0.15, 0.2) is 0 Å². The van der Waals surface area contributed by atoms with Crippen molar-refractivity contribution in [1.29, 1.82) is 0 Å². The third-order valence-corrected chi connectivity index (χ3v) is 3.82. The Morgan fingerprint density at radius 2 is 1.60 bits per heavy atom. The molecule has 112 valence electrons. The standard InChI is InChI=1S/C18H28O2/c1-8-13(4)9-16(12(2)3)15-10-17(19-6)14(5)18(11-15)20-7/h9-13H,8H2,1-7H3/b16-9+. The van der Waals surface area contributed by atoms with Crippen LogP contribution in [0, 0.1) is 18.8 Å². The summed E-state index contributed by atoms with van der Waals surface area (Å²) in [6.07, 6.45) is 3.52. The molecule has 0 aromatic heterocycles. The number of hydrogen-bond donors (Lipinski definition) is 0. The maximum Gasteiger partial charge on any atom is 0.126 e. The molecule has 0 heterocycles. The average Bonchev–Trinajstić information content (AvgIpc) is 2.44. The zero-order chi connectivity index (χ0) is 15.3. The van der Waals surface area contributed by atoms with E-state index >= 15 is 0 Å². The van der Waals surface area contributed by atoms with Crippen LogP contribution in [0.25, 0.3) is 5.57 Å². The highest BCUT2D eigenvalue weighted by Crippen LogP contribution is 2.35. The molecule has 0 fully saturated rings. The first-order valence-corrected chi connectivity index (χ1v) is 7.39. The molecule has 2 nitrogen and oxygen atoms in total. The Hall–Kier alpha value is -1.44. The molecule has 0 amide bonds. The highest BCUT2D eigenvalue weighted by molar-refractivity contribution is 5.70. The minimum absolute atomic E-state index is 0.473. The number of rotatable bonds is 6. The zero-order valence-electron chi connectivity index (χ0n) is 13.9. The molecule has 20 heavy (non-hydrogen) atoms. The van der Waals surface area contributed by atoms with Crippen LogP contribution < -0.4 is 9.47 Å². The molecule has 1 atom stereocenters. The van der Waals surface area contributed by atoms with E-state index < -0.39 is 0 Å². The summed E-state index contributed by atoms with van der Waals surface area (Å²) in [7, 11) is 3.41. The van der Waals surface area contributed by atoms with E-state index in [-0.39, 0.29) is 0 Å². The van der Waals surface area contributed by atoms with Gasteiger partial charge < -0.3 is 9.47 Å². The Labute approximate surface area is 123 Å².